The number of rotatable bonds is 7. The number of carbonyl (C=O) groups is 1. The summed E-state index contributed by atoms with van der Waals surface area (Å²) in [5, 5.41) is 4.34. The van der Waals surface area contributed by atoms with Crippen LogP contribution in [0.3, 0.4) is 0 Å². The second kappa shape index (κ2) is 10.5. The molecular weight excluding hydrogens is 430 g/mol. The van der Waals surface area contributed by atoms with E-state index in [1.165, 1.54) is 37.1 Å². The summed E-state index contributed by atoms with van der Waals surface area (Å²) in [6.07, 6.45) is 2.57. The maximum absolute atomic E-state index is 13.2. The lowest BCUT2D eigenvalue weighted by molar-refractivity contribution is 0.0955. The molecular formula is C27H31N3O2S. The zero-order valence-electron chi connectivity index (χ0n) is 19.0. The molecule has 33 heavy (non-hydrogen) atoms. The quantitative estimate of drug-likeness (QED) is 0.550. The average molecular weight is 462 g/mol. The first-order valence-electron chi connectivity index (χ1n) is 11.9. The number of nitrogens with one attached hydrogen (secondary N) is 1. The van der Waals surface area contributed by atoms with E-state index in [0.717, 1.165) is 53.9 Å². The van der Waals surface area contributed by atoms with Gasteiger partial charge in [-0.05, 0) is 48.7 Å². The molecule has 0 unspecified atom stereocenters. The second-order valence-corrected chi connectivity index (χ2v) is 9.76. The number of ether oxygens (including phenoxy) is 1. The van der Waals surface area contributed by atoms with Gasteiger partial charge in [-0.1, -0.05) is 54.6 Å². The van der Waals surface area contributed by atoms with Gasteiger partial charge in [-0.2, -0.15) is 0 Å². The minimum atomic E-state index is -0.00679. The van der Waals surface area contributed by atoms with Crippen LogP contribution in [0.15, 0.2) is 60.7 Å². The van der Waals surface area contributed by atoms with Gasteiger partial charge in [-0.25, -0.2) is 0 Å². The number of morpholine rings is 1. The van der Waals surface area contributed by atoms with E-state index in [0.29, 0.717) is 6.54 Å². The van der Waals surface area contributed by atoms with Crippen LogP contribution in [0.2, 0.25) is 0 Å². The molecule has 2 aliphatic heterocycles. The number of nitrogens with zero attached hydrogens (tertiary/aromatic N) is 2. The molecule has 0 spiro atoms. The van der Waals surface area contributed by atoms with Crippen LogP contribution >= 0.6 is 11.3 Å². The highest BCUT2D eigenvalue weighted by Gasteiger charge is 2.22. The number of anilines is 1. The monoisotopic (exact) mass is 461 g/mol. The molecule has 1 amide bonds. The van der Waals surface area contributed by atoms with Crippen molar-refractivity contribution in [3.8, 4) is 11.1 Å². The largest absolute Gasteiger partial charge is 0.378 e. The van der Waals surface area contributed by atoms with Crippen molar-refractivity contribution in [2.24, 2.45) is 0 Å². The van der Waals surface area contributed by atoms with Gasteiger partial charge >= 0.3 is 0 Å². The van der Waals surface area contributed by atoms with Crippen LogP contribution in [-0.2, 0) is 17.8 Å². The van der Waals surface area contributed by atoms with Crippen LogP contribution in [0.25, 0.3) is 11.1 Å². The molecule has 1 N–H and O–H groups in total. The van der Waals surface area contributed by atoms with Gasteiger partial charge < -0.3 is 15.0 Å². The first-order valence-corrected chi connectivity index (χ1v) is 12.7. The Morgan fingerprint density at radius 1 is 0.909 bits per heavy atom. The van der Waals surface area contributed by atoms with Gasteiger partial charge in [0.05, 0.1) is 23.1 Å². The zero-order valence-corrected chi connectivity index (χ0v) is 19.8. The van der Waals surface area contributed by atoms with Gasteiger partial charge in [0.25, 0.3) is 5.91 Å². The molecule has 5 rings (SSSR count). The Morgan fingerprint density at radius 3 is 2.36 bits per heavy atom. The number of carbonyl (C=O) groups excluding carboxylic acids is 1. The average Bonchev–Trinajstić information content (AvgIpc) is 3.55. The van der Waals surface area contributed by atoms with Gasteiger partial charge in [-0.3, -0.25) is 9.69 Å². The molecule has 6 heteroatoms. The van der Waals surface area contributed by atoms with Crippen LogP contribution < -0.4 is 10.2 Å². The summed E-state index contributed by atoms with van der Waals surface area (Å²) in [6.45, 7) is 7.00. The number of benzene rings is 2. The fraction of sp³-hybridized carbons (Fsp3) is 0.370. The Hall–Kier alpha value is -2.67. The summed E-state index contributed by atoms with van der Waals surface area (Å²) in [5.41, 5.74) is 4.78. The summed E-state index contributed by atoms with van der Waals surface area (Å²) in [7, 11) is 0. The molecule has 2 aliphatic rings. The first-order chi connectivity index (χ1) is 16.3. The Morgan fingerprint density at radius 2 is 1.61 bits per heavy atom. The standard InChI is InChI=1S/C27H31N3O2S/c31-26(28-19-22-10-4-5-11-23(22)20-29-12-6-7-13-29)25-18-24(21-8-2-1-3-9-21)27(33-25)30-14-16-32-17-15-30/h1-5,8-11,18H,6-7,12-17,19-20H2,(H,28,31). The van der Waals surface area contributed by atoms with Crippen LogP contribution in [0.4, 0.5) is 5.00 Å². The van der Waals surface area contributed by atoms with E-state index in [1.54, 1.807) is 11.3 Å². The Kier molecular flexibility index (Phi) is 7.05. The second-order valence-electron chi connectivity index (χ2n) is 8.73. The van der Waals surface area contributed by atoms with Crippen LogP contribution in [-0.4, -0.2) is 50.2 Å². The molecule has 0 radical (unpaired) electrons. The minimum Gasteiger partial charge on any atom is -0.378 e. The molecule has 0 saturated carbocycles. The van der Waals surface area contributed by atoms with Gasteiger partial charge in [0, 0.05) is 31.7 Å². The molecule has 0 atom stereocenters. The molecule has 0 aliphatic carbocycles. The first kappa shape index (κ1) is 22.1. The number of hydrogen-bond donors (Lipinski definition) is 1. The van der Waals surface area contributed by atoms with Crippen LogP contribution in [0.1, 0.15) is 33.6 Å². The molecule has 2 fully saturated rings. The van der Waals surface area contributed by atoms with Crippen molar-refractivity contribution in [1.29, 1.82) is 0 Å². The Labute approximate surface area is 200 Å². The van der Waals surface area contributed by atoms with Crippen LogP contribution in [0.5, 0.6) is 0 Å². The highest BCUT2D eigenvalue weighted by Crippen LogP contribution is 2.39. The molecule has 3 aromatic rings. The molecule has 3 heterocycles. The van der Waals surface area contributed by atoms with Crippen molar-refractivity contribution in [2.75, 3.05) is 44.3 Å². The predicted molar refractivity (Wildman–Crippen MR) is 135 cm³/mol. The molecule has 2 saturated heterocycles. The topological polar surface area (TPSA) is 44.8 Å². The van der Waals surface area contributed by atoms with Crippen molar-refractivity contribution in [2.45, 2.75) is 25.9 Å². The molecule has 2 aromatic carbocycles. The summed E-state index contributed by atoms with van der Waals surface area (Å²) < 4.78 is 5.55. The van der Waals surface area contributed by atoms with E-state index in [4.69, 9.17) is 4.74 Å². The fourth-order valence-electron chi connectivity index (χ4n) is 4.65. The predicted octanol–water partition coefficient (Wildman–Crippen LogP) is 4.78. The number of thiophene rings is 1. The SMILES string of the molecule is O=C(NCc1ccccc1CN1CCCC1)c1cc(-c2ccccc2)c(N2CCOCC2)s1. The fourth-order valence-corrected chi connectivity index (χ4v) is 5.80. The van der Waals surface area contributed by atoms with E-state index in [-0.39, 0.29) is 5.91 Å². The van der Waals surface area contributed by atoms with Crippen molar-refractivity contribution in [3.05, 3.63) is 76.7 Å². The van der Waals surface area contributed by atoms with Gasteiger partial charge in [0.1, 0.15) is 0 Å². The Balaban J connectivity index is 1.33. The molecule has 1 aromatic heterocycles. The third kappa shape index (κ3) is 5.29. The highest BCUT2D eigenvalue weighted by atomic mass is 32.1. The Bertz CT molecular complexity index is 1070. The molecule has 0 bridgehead atoms. The van der Waals surface area contributed by atoms with Gasteiger partial charge in [-0.15, -0.1) is 11.3 Å². The summed E-state index contributed by atoms with van der Waals surface area (Å²) in [4.78, 5) is 18.8. The number of amides is 1. The van der Waals surface area contributed by atoms with Crippen LogP contribution in [0, 0.1) is 0 Å². The van der Waals surface area contributed by atoms with E-state index in [2.05, 4.69) is 57.6 Å². The van der Waals surface area contributed by atoms with Crippen molar-refractivity contribution in [1.82, 2.24) is 10.2 Å². The smallest absolute Gasteiger partial charge is 0.261 e. The van der Waals surface area contributed by atoms with E-state index in [9.17, 15) is 4.79 Å². The molecule has 172 valence electrons. The summed E-state index contributed by atoms with van der Waals surface area (Å²) >= 11 is 1.58. The lowest BCUT2D eigenvalue weighted by atomic mass is 10.1. The van der Waals surface area contributed by atoms with Crippen molar-refractivity contribution < 1.29 is 9.53 Å². The van der Waals surface area contributed by atoms with E-state index in [1.807, 2.05) is 18.2 Å². The number of likely N-dealkylation sites (tertiary alicyclic amines) is 1. The third-order valence-corrected chi connectivity index (χ3v) is 7.66. The third-order valence-electron chi connectivity index (χ3n) is 6.47. The van der Waals surface area contributed by atoms with Gasteiger partial charge in [0.2, 0.25) is 0 Å². The molecule has 5 nitrogen and oxygen atoms in total. The highest BCUT2D eigenvalue weighted by molar-refractivity contribution is 7.18. The number of hydrogen-bond acceptors (Lipinski definition) is 5. The van der Waals surface area contributed by atoms with Gasteiger partial charge in [0.15, 0.2) is 0 Å². The van der Waals surface area contributed by atoms with Crippen molar-refractivity contribution in [3.63, 3.8) is 0 Å². The summed E-state index contributed by atoms with van der Waals surface area (Å²) in [5.74, 6) is -0.00679. The maximum atomic E-state index is 13.2. The van der Waals surface area contributed by atoms with Crippen molar-refractivity contribution >= 4 is 22.2 Å². The lowest BCUT2D eigenvalue weighted by Crippen LogP contribution is -2.35. The normalized spacial score (nSPS) is 16.8. The minimum absolute atomic E-state index is 0.00679. The van der Waals surface area contributed by atoms with E-state index >= 15 is 0 Å². The maximum Gasteiger partial charge on any atom is 0.261 e. The van der Waals surface area contributed by atoms with E-state index < -0.39 is 0 Å². The zero-order chi connectivity index (χ0) is 22.5. The lowest BCUT2D eigenvalue weighted by Gasteiger charge is -2.28. The summed E-state index contributed by atoms with van der Waals surface area (Å²) in [6, 6.07) is 20.9.